The first kappa shape index (κ1) is 18.1. The van der Waals surface area contributed by atoms with Crippen LogP contribution in [0.5, 0.6) is 0 Å². The van der Waals surface area contributed by atoms with E-state index in [9.17, 15) is 8.42 Å². The number of benzene rings is 2. The number of aromatic nitrogens is 2. The molecule has 0 aliphatic rings. The molecule has 7 heteroatoms. The largest absolute Gasteiger partial charge is 0.435 e. The van der Waals surface area contributed by atoms with Crippen molar-refractivity contribution in [2.24, 2.45) is 0 Å². The van der Waals surface area contributed by atoms with E-state index in [0.29, 0.717) is 11.1 Å². The molecular formula is C21H17N3O3S. The molecule has 6 nitrogen and oxygen atoms in total. The van der Waals surface area contributed by atoms with Crippen LogP contribution in [0, 0.1) is 0 Å². The summed E-state index contributed by atoms with van der Waals surface area (Å²) in [7, 11) is -3.91. The van der Waals surface area contributed by atoms with Crippen molar-refractivity contribution in [3.63, 3.8) is 0 Å². The molecule has 4 aromatic rings. The Morgan fingerprint density at radius 3 is 2.18 bits per heavy atom. The van der Waals surface area contributed by atoms with Crippen LogP contribution in [-0.4, -0.2) is 18.4 Å². The van der Waals surface area contributed by atoms with E-state index >= 15 is 0 Å². The van der Waals surface area contributed by atoms with E-state index in [2.05, 4.69) is 14.7 Å². The molecule has 0 bridgehead atoms. The maximum absolute atomic E-state index is 13.0. The highest BCUT2D eigenvalue weighted by molar-refractivity contribution is 7.89. The van der Waals surface area contributed by atoms with Crippen molar-refractivity contribution in [1.29, 1.82) is 0 Å². The second-order valence-corrected chi connectivity index (χ2v) is 7.75. The van der Waals surface area contributed by atoms with Crippen molar-refractivity contribution in [3.05, 3.63) is 90.8 Å². The molecule has 0 saturated carbocycles. The molecule has 1 N–H and O–H groups in total. The van der Waals surface area contributed by atoms with Crippen LogP contribution >= 0.6 is 0 Å². The summed E-state index contributed by atoms with van der Waals surface area (Å²) >= 11 is 0. The van der Waals surface area contributed by atoms with Crippen molar-refractivity contribution in [1.82, 2.24) is 14.7 Å². The summed E-state index contributed by atoms with van der Waals surface area (Å²) in [6, 6.07) is 21.8. The molecule has 0 atom stereocenters. The van der Waals surface area contributed by atoms with Gasteiger partial charge in [-0.25, -0.2) is 13.1 Å². The number of nitrogens with zero attached hydrogens (tertiary/aromatic N) is 2. The minimum absolute atomic E-state index is 0.109. The Kier molecular flexibility index (Phi) is 5.01. The number of rotatable bonds is 6. The van der Waals surface area contributed by atoms with Crippen LogP contribution in [0.1, 0.15) is 5.56 Å². The molecule has 28 heavy (non-hydrogen) atoms. The Hall–Kier alpha value is -3.29. The molecule has 0 aliphatic heterocycles. The molecule has 140 valence electrons. The topological polar surface area (TPSA) is 85.1 Å². The number of hydrogen-bond acceptors (Lipinski definition) is 5. The molecule has 0 spiro atoms. The fourth-order valence-electron chi connectivity index (χ4n) is 2.71. The molecule has 0 fully saturated rings. The lowest BCUT2D eigenvalue weighted by Crippen LogP contribution is -2.24. The lowest BCUT2D eigenvalue weighted by molar-refractivity contribution is 0.571. The number of hydrogen-bond donors (Lipinski definition) is 1. The van der Waals surface area contributed by atoms with Crippen molar-refractivity contribution in [2.75, 3.05) is 0 Å². The van der Waals surface area contributed by atoms with Crippen LogP contribution in [-0.2, 0) is 16.6 Å². The molecule has 0 unspecified atom stereocenters. The molecule has 0 aliphatic carbocycles. The SMILES string of the molecule is O=S(=O)(NCc1cccnc1)c1nc(-c2ccccc2)oc1-c1ccccc1. The first-order valence-corrected chi connectivity index (χ1v) is 10.1. The van der Waals surface area contributed by atoms with Crippen molar-refractivity contribution in [3.8, 4) is 22.8 Å². The summed E-state index contributed by atoms with van der Waals surface area (Å²) in [5, 5.41) is -0.138. The van der Waals surface area contributed by atoms with E-state index in [-0.39, 0.29) is 23.2 Å². The molecule has 0 amide bonds. The highest BCUT2D eigenvalue weighted by Gasteiger charge is 2.27. The second-order valence-electron chi connectivity index (χ2n) is 6.07. The van der Waals surface area contributed by atoms with Gasteiger partial charge in [-0.2, -0.15) is 4.98 Å². The molecule has 0 saturated heterocycles. The molecule has 2 aromatic carbocycles. The molecule has 0 radical (unpaired) electrons. The fourth-order valence-corrected chi connectivity index (χ4v) is 3.81. The van der Waals surface area contributed by atoms with Crippen LogP contribution in [0.4, 0.5) is 0 Å². The Balaban J connectivity index is 1.75. The van der Waals surface area contributed by atoms with E-state index in [0.717, 1.165) is 5.56 Å². The van der Waals surface area contributed by atoms with Gasteiger partial charge in [-0.1, -0.05) is 54.6 Å². The van der Waals surface area contributed by atoms with Gasteiger partial charge in [0.25, 0.3) is 10.0 Å². The van der Waals surface area contributed by atoms with E-state index in [4.69, 9.17) is 4.42 Å². The maximum Gasteiger partial charge on any atom is 0.262 e. The minimum atomic E-state index is -3.91. The third-order valence-corrected chi connectivity index (χ3v) is 5.41. The van der Waals surface area contributed by atoms with Crippen LogP contribution in [0.15, 0.2) is 94.6 Å². The summed E-state index contributed by atoms with van der Waals surface area (Å²) in [6.45, 7) is 0.109. The quantitative estimate of drug-likeness (QED) is 0.539. The predicted octanol–water partition coefficient (Wildman–Crippen LogP) is 3.88. The molecule has 2 aromatic heterocycles. The summed E-state index contributed by atoms with van der Waals surface area (Å²) in [5.41, 5.74) is 2.09. The van der Waals surface area contributed by atoms with Gasteiger partial charge in [-0.15, -0.1) is 0 Å². The van der Waals surface area contributed by atoms with Crippen LogP contribution in [0.2, 0.25) is 0 Å². The highest BCUT2D eigenvalue weighted by Crippen LogP contribution is 2.32. The van der Waals surface area contributed by atoms with Crippen molar-refractivity contribution in [2.45, 2.75) is 11.6 Å². The Morgan fingerprint density at radius 1 is 0.857 bits per heavy atom. The van der Waals surface area contributed by atoms with Crippen LogP contribution in [0.3, 0.4) is 0 Å². The van der Waals surface area contributed by atoms with Crippen molar-refractivity contribution >= 4 is 10.0 Å². The van der Waals surface area contributed by atoms with Gasteiger partial charge in [0, 0.05) is 30.1 Å². The van der Waals surface area contributed by atoms with Crippen molar-refractivity contribution < 1.29 is 12.8 Å². The summed E-state index contributed by atoms with van der Waals surface area (Å²) < 4.78 is 34.4. The number of pyridine rings is 1. The Bertz CT molecular complexity index is 1160. The average molecular weight is 391 g/mol. The number of sulfonamides is 1. The number of nitrogens with one attached hydrogen (secondary N) is 1. The zero-order chi connectivity index (χ0) is 19.4. The second kappa shape index (κ2) is 7.75. The highest BCUT2D eigenvalue weighted by atomic mass is 32.2. The van der Waals surface area contributed by atoms with Gasteiger partial charge in [0.15, 0.2) is 5.76 Å². The Labute approximate surface area is 163 Å². The lowest BCUT2D eigenvalue weighted by Gasteiger charge is -2.05. The van der Waals surface area contributed by atoms with Gasteiger partial charge in [-0.05, 0) is 23.8 Å². The lowest BCUT2D eigenvalue weighted by atomic mass is 10.2. The normalized spacial score (nSPS) is 11.4. The monoisotopic (exact) mass is 391 g/mol. The third kappa shape index (κ3) is 3.85. The van der Waals surface area contributed by atoms with E-state index in [1.54, 1.807) is 36.7 Å². The van der Waals surface area contributed by atoms with Crippen LogP contribution < -0.4 is 4.72 Å². The summed E-state index contributed by atoms with van der Waals surface area (Å²) in [5.74, 6) is 0.458. The number of oxazole rings is 1. The summed E-state index contributed by atoms with van der Waals surface area (Å²) in [6.07, 6.45) is 3.24. The van der Waals surface area contributed by atoms with E-state index < -0.39 is 10.0 Å². The molecular weight excluding hydrogens is 374 g/mol. The van der Waals surface area contributed by atoms with E-state index in [1.807, 2.05) is 48.5 Å². The van der Waals surface area contributed by atoms with E-state index in [1.165, 1.54) is 0 Å². The van der Waals surface area contributed by atoms with Gasteiger partial charge in [0.1, 0.15) is 0 Å². The van der Waals surface area contributed by atoms with Crippen LogP contribution in [0.25, 0.3) is 22.8 Å². The fraction of sp³-hybridized carbons (Fsp3) is 0.0476. The maximum atomic E-state index is 13.0. The average Bonchev–Trinajstić information content (AvgIpc) is 3.21. The zero-order valence-electron chi connectivity index (χ0n) is 14.8. The van der Waals surface area contributed by atoms with Gasteiger partial charge < -0.3 is 4.42 Å². The first-order valence-electron chi connectivity index (χ1n) is 8.64. The molecule has 4 rings (SSSR count). The predicted molar refractivity (Wildman–Crippen MR) is 106 cm³/mol. The molecule has 2 heterocycles. The zero-order valence-corrected chi connectivity index (χ0v) is 15.6. The van der Waals surface area contributed by atoms with Gasteiger partial charge in [0.2, 0.25) is 10.9 Å². The minimum Gasteiger partial charge on any atom is -0.435 e. The standard InChI is InChI=1S/C21H17N3O3S/c25-28(26,23-15-16-8-7-13-22-14-16)21-19(17-9-3-1-4-10-17)27-20(24-21)18-11-5-2-6-12-18/h1-14,23H,15H2. The Morgan fingerprint density at radius 2 is 1.54 bits per heavy atom. The third-order valence-electron chi connectivity index (χ3n) is 4.10. The summed E-state index contributed by atoms with van der Waals surface area (Å²) in [4.78, 5) is 8.31. The van der Waals surface area contributed by atoms with Gasteiger partial charge in [0.05, 0.1) is 0 Å². The van der Waals surface area contributed by atoms with Gasteiger partial charge >= 0.3 is 0 Å². The smallest absolute Gasteiger partial charge is 0.262 e. The first-order chi connectivity index (χ1) is 13.6. The van der Waals surface area contributed by atoms with Gasteiger partial charge in [-0.3, -0.25) is 4.98 Å².